The van der Waals surface area contributed by atoms with Gasteiger partial charge in [0.15, 0.2) is 9.84 Å². The summed E-state index contributed by atoms with van der Waals surface area (Å²) in [6.07, 6.45) is 0.685. The number of nitrogens with one attached hydrogen (secondary N) is 2. The van der Waals surface area contributed by atoms with Crippen molar-refractivity contribution in [2.45, 2.75) is 49.8 Å². The Morgan fingerprint density at radius 2 is 1.75 bits per heavy atom. The van der Waals surface area contributed by atoms with Crippen molar-refractivity contribution in [1.82, 2.24) is 10.6 Å². The Kier molecular flexibility index (Phi) is 8.11. The van der Waals surface area contributed by atoms with Crippen molar-refractivity contribution < 1.29 is 17.6 Å². The molecule has 32 heavy (non-hydrogen) atoms. The minimum atomic E-state index is -3.47. The molecule has 2 unspecified atom stereocenters. The van der Waals surface area contributed by atoms with E-state index in [2.05, 4.69) is 15.6 Å². The number of guanidine groups is 1. The Bertz CT molecular complexity index is 1080. The van der Waals surface area contributed by atoms with E-state index in [1.54, 1.807) is 12.1 Å². The smallest absolute Gasteiger partial charge is 0.280 e. The highest BCUT2D eigenvalue weighted by atomic mass is 32.2. The predicted octanol–water partition coefficient (Wildman–Crippen LogP) is 2.08. The van der Waals surface area contributed by atoms with Crippen LogP contribution < -0.4 is 22.1 Å². The van der Waals surface area contributed by atoms with E-state index in [-0.39, 0.29) is 28.7 Å². The summed E-state index contributed by atoms with van der Waals surface area (Å²) in [6, 6.07) is 11.0. The van der Waals surface area contributed by atoms with Crippen LogP contribution in [-0.4, -0.2) is 38.2 Å². The van der Waals surface area contributed by atoms with Gasteiger partial charge >= 0.3 is 0 Å². The molecule has 10 heteroatoms. The van der Waals surface area contributed by atoms with Crippen LogP contribution in [-0.2, 0) is 9.84 Å². The number of amides is 1. The quantitative estimate of drug-likeness (QED) is 0.292. The van der Waals surface area contributed by atoms with E-state index < -0.39 is 33.5 Å². The Morgan fingerprint density at radius 1 is 1.12 bits per heavy atom. The minimum Gasteiger partial charge on any atom is -0.351 e. The molecular formula is C22H30FN5O3S. The number of carbonyl (C=O) groups is 1. The van der Waals surface area contributed by atoms with Gasteiger partial charge in [-0.3, -0.25) is 4.79 Å². The van der Waals surface area contributed by atoms with E-state index in [0.717, 1.165) is 11.8 Å². The van der Waals surface area contributed by atoms with Gasteiger partial charge in [0.1, 0.15) is 5.82 Å². The fourth-order valence-electron chi connectivity index (χ4n) is 2.83. The topological polar surface area (TPSA) is 140 Å². The van der Waals surface area contributed by atoms with Gasteiger partial charge in [0.2, 0.25) is 5.96 Å². The van der Waals surface area contributed by atoms with Crippen molar-refractivity contribution in [3.8, 4) is 0 Å². The largest absolute Gasteiger partial charge is 0.351 e. The van der Waals surface area contributed by atoms with Crippen LogP contribution in [0.3, 0.4) is 0 Å². The normalized spacial score (nSPS) is 14.5. The van der Waals surface area contributed by atoms with E-state index in [9.17, 15) is 17.6 Å². The zero-order chi connectivity index (χ0) is 24.1. The fourth-order valence-corrected chi connectivity index (χ4v) is 3.50. The summed E-state index contributed by atoms with van der Waals surface area (Å²) in [5.41, 5.74) is 12.8. The first kappa shape index (κ1) is 25.4. The molecular weight excluding hydrogens is 433 g/mol. The van der Waals surface area contributed by atoms with Crippen molar-refractivity contribution in [2.24, 2.45) is 16.5 Å². The molecule has 2 atom stereocenters. The van der Waals surface area contributed by atoms with Crippen LogP contribution in [0.25, 0.3) is 0 Å². The summed E-state index contributed by atoms with van der Waals surface area (Å²) >= 11 is 0. The molecule has 6 N–H and O–H groups in total. The number of nitrogens with zero attached hydrogens (tertiary/aromatic N) is 1. The Labute approximate surface area is 188 Å². The lowest BCUT2D eigenvalue weighted by Gasteiger charge is -2.27. The molecule has 2 aromatic carbocycles. The molecule has 2 aromatic rings. The molecule has 0 heterocycles. The van der Waals surface area contributed by atoms with Gasteiger partial charge in [-0.1, -0.05) is 18.2 Å². The van der Waals surface area contributed by atoms with Crippen LogP contribution in [0.5, 0.6) is 0 Å². The summed E-state index contributed by atoms with van der Waals surface area (Å²) in [7, 11) is -3.47. The third kappa shape index (κ3) is 8.03. The minimum absolute atomic E-state index is 0.0267. The van der Waals surface area contributed by atoms with Crippen LogP contribution in [0.4, 0.5) is 4.39 Å². The van der Waals surface area contributed by atoms with Gasteiger partial charge in [-0.2, -0.15) is 4.99 Å². The van der Waals surface area contributed by atoms with Gasteiger partial charge in [0, 0.05) is 23.4 Å². The molecule has 0 saturated heterocycles. The summed E-state index contributed by atoms with van der Waals surface area (Å²) in [6.45, 7) is 5.65. The molecule has 0 aliphatic heterocycles. The van der Waals surface area contributed by atoms with E-state index in [0.29, 0.717) is 0 Å². The van der Waals surface area contributed by atoms with E-state index in [1.807, 2.05) is 20.8 Å². The van der Waals surface area contributed by atoms with Gasteiger partial charge in [0.05, 0.1) is 11.1 Å². The number of benzene rings is 2. The zero-order valence-electron chi connectivity index (χ0n) is 18.6. The van der Waals surface area contributed by atoms with Crippen LogP contribution in [0, 0.1) is 5.82 Å². The Morgan fingerprint density at radius 3 is 2.31 bits per heavy atom. The molecule has 8 nitrogen and oxygen atoms in total. The van der Waals surface area contributed by atoms with Gasteiger partial charge < -0.3 is 22.1 Å². The summed E-state index contributed by atoms with van der Waals surface area (Å²) in [5, 5.41) is 6.04. The highest BCUT2D eigenvalue weighted by Gasteiger charge is 2.19. The van der Waals surface area contributed by atoms with Gasteiger partial charge in [-0.15, -0.1) is 0 Å². The predicted molar refractivity (Wildman–Crippen MR) is 123 cm³/mol. The van der Waals surface area contributed by atoms with Crippen molar-refractivity contribution in [2.75, 3.05) is 6.26 Å². The average Bonchev–Trinajstić information content (AvgIpc) is 2.66. The molecule has 0 radical (unpaired) electrons. The lowest BCUT2D eigenvalue weighted by Crippen LogP contribution is -2.54. The third-order valence-electron chi connectivity index (χ3n) is 4.34. The second-order valence-electron chi connectivity index (χ2n) is 8.59. The summed E-state index contributed by atoms with van der Waals surface area (Å²) < 4.78 is 36.7. The number of sulfone groups is 1. The lowest BCUT2D eigenvalue weighted by atomic mass is 10.0. The van der Waals surface area contributed by atoms with Crippen molar-refractivity contribution >= 4 is 21.7 Å². The van der Waals surface area contributed by atoms with Gasteiger partial charge in [0.25, 0.3) is 5.91 Å². The standard InChI is InChI=1S/C22H30FN5O3S/c1-22(2,3)28-21(26-19(25)13-18(24)14-8-10-16(23)11-9-14)27-20(29)15-6-5-7-17(12-15)32(4,30)31/h5-12,18-19H,13,24-25H2,1-4H3,(H2,26,27,28,29). The van der Waals surface area contributed by atoms with Crippen LogP contribution in [0.2, 0.25) is 0 Å². The maximum Gasteiger partial charge on any atom is 0.280 e. The molecule has 1 amide bonds. The lowest BCUT2D eigenvalue weighted by molar-refractivity contribution is 0.100. The summed E-state index contributed by atoms with van der Waals surface area (Å²) in [4.78, 5) is 16.8. The molecule has 0 bridgehead atoms. The number of rotatable bonds is 6. The third-order valence-corrected chi connectivity index (χ3v) is 5.45. The number of hydrogen-bond acceptors (Lipinski definition) is 5. The molecule has 0 aliphatic rings. The monoisotopic (exact) mass is 463 g/mol. The first-order chi connectivity index (χ1) is 14.7. The molecule has 0 spiro atoms. The number of nitrogens with two attached hydrogens (primary N) is 2. The molecule has 0 aliphatic carbocycles. The van der Waals surface area contributed by atoms with Crippen molar-refractivity contribution in [3.05, 3.63) is 65.5 Å². The van der Waals surface area contributed by atoms with E-state index >= 15 is 0 Å². The first-order valence-electron chi connectivity index (χ1n) is 9.99. The second-order valence-corrected chi connectivity index (χ2v) is 10.6. The highest BCUT2D eigenvalue weighted by molar-refractivity contribution is 7.90. The number of aliphatic imine (C=N–C) groups is 1. The fraction of sp³-hybridized carbons (Fsp3) is 0.364. The highest BCUT2D eigenvalue weighted by Crippen LogP contribution is 2.16. The van der Waals surface area contributed by atoms with E-state index in [4.69, 9.17) is 11.5 Å². The number of halogens is 1. The molecule has 0 fully saturated rings. The van der Waals surface area contributed by atoms with Crippen molar-refractivity contribution in [3.63, 3.8) is 0 Å². The Hall–Kier alpha value is -2.82. The summed E-state index contributed by atoms with van der Waals surface area (Å²) in [5.74, 6) is -0.860. The second kappa shape index (κ2) is 10.2. The maximum atomic E-state index is 13.1. The van der Waals surface area contributed by atoms with E-state index in [1.165, 1.54) is 36.4 Å². The number of hydrogen-bond donors (Lipinski definition) is 4. The molecule has 174 valence electrons. The zero-order valence-corrected chi connectivity index (χ0v) is 19.4. The SMILES string of the molecule is CC(C)(C)N/C(=N/C(=O)c1cccc(S(C)(=O)=O)c1)NC(N)CC(N)c1ccc(F)cc1. The van der Waals surface area contributed by atoms with Gasteiger partial charge in [-0.05, 0) is 63.1 Å². The van der Waals surface area contributed by atoms with Crippen LogP contribution in [0.1, 0.15) is 49.2 Å². The number of carbonyl (C=O) groups excluding carboxylic acids is 1. The van der Waals surface area contributed by atoms with Gasteiger partial charge in [-0.25, -0.2) is 12.8 Å². The van der Waals surface area contributed by atoms with Crippen LogP contribution >= 0.6 is 0 Å². The molecule has 0 saturated carbocycles. The van der Waals surface area contributed by atoms with Crippen molar-refractivity contribution in [1.29, 1.82) is 0 Å². The molecule has 0 aromatic heterocycles. The molecule has 2 rings (SSSR count). The Balaban J connectivity index is 2.20. The maximum absolute atomic E-state index is 13.1. The average molecular weight is 464 g/mol. The first-order valence-corrected chi connectivity index (χ1v) is 11.9. The van der Waals surface area contributed by atoms with Crippen LogP contribution in [0.15, 0.2) is 58.4 Å².